The fourth-order valence-electron chi connectivity index (χ4n) is 3.25. The SMILES string of the molecule is Cc1cc(C)c(-n2cnnc2-c2[c-]cc3sc(C)nc3c2)c(C)c1.[Ir]. The average molecular weight is 526 g/mol. The second-order valence-electron chi connectivity index (χ2n) is 6.10. The van der Waals surface area contributed by atoms with Gasteiger partial charge in [0, 0.05) is 25.8 Å². The molecule has 2 aromatic carbocycles. The van der Waals surface area contributed by atoms with E-state index in [0.717, 1.165) is 32.3 Å². The van der Waals surface area contributed by atoms with Gasteiger partial charge in [0.2, 0.25) is 0 Å². The van der Waals surface area contributed by atoms with Gasteiger partial charge < -0.3 is 4.57 Å². The van der Waals surface area contributed by atoms with Gasteiger partial charge in [-0.2, -0.15) is 16.4 Å². The van der Waals surface area contributed by atoms with E-state index in [1.165, 1.54) is 16.7 Å². The Kier molecular flexibility index (Phi) is 4.87. The minimum atomic E-state index is 0. The monoisotopic (exact) mass is 526 g/mol. The third kappa shape index (κ3) is 3.17. The van der Waals surface area contributed by atoms with Crippen molar-refractivity contribution in [3.63, 3.8) is 0 Å². The minimum absolute atomic E-state index is 0. The van der Waals surface area contributed by atoms with Gasteiger partial charge in [0.15, 0.2) is 0 Å². The zero-order valence-corrected chi connectivity index (χ0v) is 17.6. The van der Waals surface area contributed by atoms with Crippen LogP contribution < -0.4 is 0 Å². The summed E-state index contributed by atoms with van der Waals surface area (Å²) in [6.45, 7) is 8.38. The van der Waals surface area contributed by atoms with Crippen molar-refractivity contribution in [1.29, 1.82) is 0 Å². The molecule has 6 heteroatoms. The van der Waals surface area contributed by atoms with Gasteiger partial charge in [0.25, 0.3) is 0 Å². The summed E-state index contributed by atoms with van der Waals surface area (Å²) in [5.74, 6) is 0.789. The van der Waals surface area contributed by atoms with Crippen molar-refractivity contribution in [1.82, 2.24) is 19.7 Å². The van der Waals surface area contributed by atoms with E-state index >= 15 is 0 Å². The molecule has 4 aromatic rings. The maximum Gasteiger partial charge on any atom is 0.114 e. The van der Waals surface area contributed by atoms with Gasteiger partial charge in [-0.1, -0.05) is 17.7 Å². The number of aryl methyl sites for hydroxylation is 4. The number of hydrogen-bond donors (Lipinski definition) is 0. The van der Waals surface area contributed by atoms with Crippen molar-refractivity contribution in [3.05, 3.63) is 58.4 Å². The van der Waals surface area contributed by atoms with Gasteiger partial charge in [-0.3, -0.25) is 4.98 Å². The van der Waals surface area contributed by atoms with Gasteiger partial charge in [-0.05, 0) is 49.0 Å². The molecule has 0 aliphatic heterocycles. The van der Waals surface area contributed by atoms with Crippen LogP contribution in [0.5, 0.6) is 0 Å². The topological polar surface area (TPSA) is 43.6 Å². The maximum atomic E-state index is 4.57. The summed E-state index contributed by atoms with van der Waals surface area (Å²) >= 11 is 1.68. The summed E-state index contributed by atoms with van der Waals surface area (Å²) in [7, 11) is 0. The van der Waals surface area contributed by atoms with Crippen molar-refractivity contribution in [2.75, 3.05) is 0 Å². The normalized spacial score (nSPS) is 10.9. The van der Waals surface area contributed by atoms with Gasteiger partial charge in [0.05, 0.1) is 10.8 Å². The molecule has 0 aliphatic carbocycles. The quantitative estimate of drug-likeness (QED) is 0.360. The largest absolute Gasteiger partial charge is 0.322 e. The molecule has 129 valence electrons. The number of benzene rings is 2. The smallest absolute Gasteiger partial charge is 0.114 e. The number of fused-ring (bicyclic) bond motifs is 1. The molecule has 2 aromatic heterocycles. The van der Waals surface area contributed by atoms with Crippen molar-refractivity contribution in [3.8, 4) is 17.1 Å². The van der Waals surface area contributed by atoms with E-state index in [1.807, 2.05) is 23.6 Å². The van der Waals surface area contributed by atoms with E-state index < -0.39 is 0 Å². The molecule has 0 saturated heterocycles. The summed E-state index contributed by atoms with van der Waals surface area (Å²) in [4.78, 5) is 4.57. The van der Waals surface area contributed by atoms with Crippen molar-refractivity contribution in [2.24, 2.45) is 0 Å². The summed E-state index contributed by atoms with van der Waals surface area (Å²) in [5, 5.41) is 9.54. The first-order chi connectivity index (χ1) is 11.5. The molecule has 4 nitrogen and oxygen atoms in total. The molecule has 0 amide bonds. The van der Waals surface area contributed by atoms with E-state index in [2.05, 4.69) is 54.2 Å². The van der Waals surface area contributed by atoms with Crippen LogP contribution in [0.25, 0.3) is 27.3 Å². The van der Waals surface area contributed by atoms with Crippen molar-refractivity contribution >= 4 is 21.6 Å². The first kappa shape index (κ1) is 17.9. The molecule has 0 bridgehead atoms. The Bertz CT molecular complexity index is 1040. The Morgan fingerprint density at radius 1 is 1.04 bits per heavy atom. The predicted octanol–water partition coefficient (Wildman–Crippen LogP) is 4.58. The molecule has 0 fully saturated rings. The molecule has 4 rings (SSSR count). The van der Waals surface area contributed by atoms with Crippen LogP contribution in [0.1, 0.15) is 21.7 Å². The first-order valence-corrected chi connectivity index (χ1v) is 8.62. The Morgan fingerprint density at radius 2 is 1.76 bits per heavy atom. The zero-order chi connectivity index (χ0) is 16.8. The van der Waals surface area contributed by atoms with Gasteiger partial charge in [-0.25, -0.2) is 0 Å². The van der Waals surface area contributed by atoms with Crippen LogP contribution in [0, 0.1) is 33.8 Å². The van der Waals surface area contributed by atoms with Crippen molar-refractivity contribution in [2.45, 2.75) is 27.7 Å². The minimum Gasteiger partial charge on any atom is -0.322 e. The third-order valence-electron chi connectivity index (χ3n) is 4.09. The van der Waals surface area contributed by atoms with Crippen LogP contribution in [0.4, 0.5) is 0 Å². The molecule has 0 atom stereocenters. The molecule has 0 aliphatic rings. The Labute approximate surface area is 164 Å². The molecule has 25 heavy (non-hydrogen) atoms. The number of hydrogen-bond acceptors (Lipinski definition) is 4. The summed E-state index contributed by atoms with van der Waals surface area (Å²) < 4.78 is 3.19. The first-order valence-electron chi connectivity index (χ1n) is 7.80. The molecular formula is C19H17IrN4S-. The Hall–Kier alpha value is -1.88. The maximum absolute atomic E-state index is 4.57. The van der Waals surface area contributed by atoms with Gasteiger partial charge in [0.1, 0.15) is 6.33 Å². The van der Waals surface area contributed by atoms with Crippen molar-refractivity contribution < 1.29 is 20.1 Å². The molecule has 1 radical (unpaired) electrons. The van der Waals surface area contributed by atoms with E-state index in [4.69, 9.17) is 0 Å². The van der Waals surface area contributed by atoms with Crippen LogP contribution in [-0.4, -0.2) is 19.7 Å². The molecule has 0 spiro atoms. The van der Waals surface area contributed by atoms with E-state index in [9.17, 15) is 0 Å². The second kappa shape index (κ2) is 6.79. The molecule has 0 saturated carbocycles. The van der Waals surface area contributed by atoms with Gasteiger partial charge >= 0.3 is 0 Å². The molecular weight excluding hydrogens is 509 g/mol. The van der Waals surface area contributed by atoms with Gasteiger partial charge in [-0.15, -0.1) is 28.9 Å². The number of aromatic nitrogens is 4. The fraction of sp³-hybridized carbons (Fsp3) is 0.211. The van der Waals surface area contributed by atoms with Crippen LogP contribution in [0.2, 0.25) is 0 Å². The molecule has 0 N–H and O–H groups in total. The summed E-state index contributed by atoms with van der Waals surface area (Å²) in [6, 6.07) is 11.7. The number of thiazole rings is 1. The van der Waals surface area contributed by atoms with E-state index in [-0.39, 0.29) is 20.1 Å². The van der Waals surface area contributed by atoms with Crippen LogP contribution in [0.3, 0.4) is 0 Å². The Morgan fingerprint density at radius 3 is 2.48 bits per heavy atom. The zero-order valence-electron chi connectivity index (χ0n) is 14.4. The molecule has 0 unspecified atom stereocenters. The van der Waals surface area contributed by atoms with E-state index in [1.54, 1.807) is 17.7 Å². The summed E-state index contributed by atoms with van der Waals surface area (Å²) in [6.07, 6.45) is 1.77. The Balaban J connectivity index is 0.00000182. The standard InChI is InChI=1S/C19H17N4S.Ir/c1-11-7-12(2)18(13(3)8-11)23-10-20-22-19(23)15-5-6-17-16(9-15)21-14(4)24-17;/h6-10H,1-4H3;/q-1;. The molecule has 2 heterocycles. The number of rotatable bonds is 2. The second-order valence-corrected chi connectivity index (χ2v) is 7.34. The van der Waals surface area contributed by atoms with Crippen LogP contribution in [0.15, 0.2) is 30.6 Å². The van der Waals surface area contributed by atoms with Crippen LogP contribution >= 0.6 is 11.3 Å². The summed E-state index contributed by atoms with van der Waals surface area (Å²) in [5.41, 5.74) is 6.69. The van der Waals surface area contributed by atoms with Crippen LogP contribution in [-0.2, 0) is 20.1 Å². The average Bonchev–Trinajstić information content (AvgIpc) is 3.10. The predicted molar refractivity (Wildman–Crippen MR) is 97.8 cm³/mol. The fourth-order valence-corrected chi connectivity index (χ4v) is 4.04. The third-order valence-corrected chi connectivity index (χ3v) is 5.03. The number of nitrogens with zero attached hydrogens (tertiary/aromatic N) is 4. The van der Waals surface area contributed by atoms with E-state index in [0.29, 0.717) is 0 Å².